The maximum Gasteiger partial charge on any atom is 0.479 e. The van der Waals surface area contributed by atoms with E-state index in [4.69, 9.17) is 58.9 Å². The number of carbonyl (C=O) groups excluding carboxylic acids is 1. The largest absolute Gasteiger partial charge is 0.494 e. The number of fused-ring (bicyclic) bond motifs is 11. The summed E-state index contributed by atoms with van der Waals surface area (Å²) in [5.74, 6) is 14.0. The van der Waals surface area contributed by atoms with Crippen LogP contribution in [0.4, 0.5) is 0 Å². The van der Waals surface area contributed by atoms with Crippen molar-refractivity contribution in [3.05, 3.63) is 149 Å². The van der Waals surface area contributed by atoms with Gasteiger partial charge in [0, 0.05) is 99.0 Å². The van der Waals surface area contributed by atoms with Crippen LogP contribution < -0.4 is 4.74 Å². The van der Waals surface area contributed by atoms with Crippen LogP contribution in [0.5, 0.6) is 5.75 Å². The normalized spacial score (nSPS) is 27.7. The molecule has 1 aromatic heterocycles. The number of aryl methyl sites for hydroxylation is 1. The van der Waals surface area contributed by atoms with Crippen molar-refractivity contribution in [2.75, 3.05) is 13.2 Å². The number of nitrogens with zero attached hydrogens (tertiary/aromatic N) is 1. The molecule has 6 unspecified atom stereocenters. The van der Waals surface area contributed by atoms with Crippen molar-refractivity contribution < 1.29 is 63.7 Å². The molecule has 6 atom stereocenters. The molecule has 4 aliphatic rings. The molecule has 0 radical (unpaired) electrons. The van der Waals surface area contributed by atoms with Crippen molar-refractivity contribution in [3.8, 4) is 29.4 Å². The summed E-state index contributed by atoms with van der Waals surface area (Å²) < 4.78 is 110. The first-order valence-corrected chi connectivity index (χ1v) is 50.7. The Hall–Kier alpha value is -4.45. The first-order valence-electron chi connectivity index (χ1n) is 35.2. The molecule has 0 amide bonds. The smallest absolute Gasteiger partial charge is 0.479 e. The van der Waals surface area contributed by atoms with E-state index in [2.05, 4.69) is 162 Å². The zero-order valence-corrected chi connectivity index (χ0v) is 67.0. The number of aromatic nitrogens is 1. The standard InChI is InChI=1S/C72H101NO15Si8/c1-55(2)48-90-77-89(78-91(49-56(3)4)82-93(80-90,51-58(7)8)86-96(54-61(13)14)85-92(79-89,50-57(5)6)83-94(81-90,52-59(9)10)87-95(84-91,88-96)53-60(11)12)45-25-44-76-72(74)66-36-38-67(39-37-66)75-43-24-16-15-23-42-73-70-40-34-64(32-30-62-26-19-17-20-27-62)46-68(70)69-47-65(35-41-71(69)73)33-31-63-28-21-18-22-29-63/h17-22,26-29,34-41,46-47,55-61H,15-16,23-25,42-45,48-54H2,1-14H3. The highest BCUT2D eigenvalue weighted by molar-refractivity contribution is 7.03. The first kappa shape index (κ1) is 72.8. The third-order valence-corrected chi connectivity index (χ3v) is 57.0. The first-order chi connectivity index (χ1) is 45.7. The van der Waals surface area contributed by atoms with Crippen LogP contribution in [0.1, 0.15) is 162 Å². The van der Waals surface area contributed by atoms with Gasteiger partial charge in [-0.05, 0) is 146 Å². The second-order valence-electron chi connectivity index (χ2n) is 29.7. The monoisotopic (exact) mass is 1440 g/mol. The highest BCUT2D eigenvalue weighted by atomic mass is 28.6. The minimum absolute atomic E-state index is 0.0274. The Morgan fingerprint density at radius 1 is 0.365 bits per heavy atom. The van der Waals surface area contributed by atoms with Gasteiger partial charge in [-0.1, -0.05) is 170 Å². The average molecular weight is 1450 g/mol. The zero-order chi connectivity index (χ0) is 68.2. The van der Waals surface area contributed by atoms with Gasteiger partial charge in [0.15, 0.2) is 0 Å². The van der Waals surface area contributed by atoms with E-state index < -0.39 is 76.4 Å². The van der Waals surface area contributed by atoms with E-state index in [9.17, 15) is 4.79 Å². The van der Waals surface area contributed by atoms with E-state index in [-0.39, 0.29) is 54.1 Å². The predicted octanol–water partition coefficient (Wildman–Crippen LogP) is 17.2. The summed E-state index contributed by atoms with van der Waals surface area (Å²) in [5, 5.41) is 2.35. The SMILES string of the molecule is CC(C)C[Si]12O[Si]3(CCCOC(=O)c4ccc(OCCCCCCn5c6ccc(C#Cc7ccccc7)cc6c6cc(C#Cc7ccccc7)ccc65)cc4)O[Si]4(CC(C)C)O[Si](CC(C)C)(O1)O[Si]1(CC(C)C)O[Si](CC(C)C)(O3)O[Si](CC(C)C)(O2)O[Si](CC(C)C)(O4)O1. The van der Waals surface area contributed by atoms with Gasteiger partial charge >= 0.3 is 76.4 Å². The van der Waals surface area contributed by atoms with E-state index in [0.29, 0.717) is 66.6 Å². The molecule has 4 aliphatic heterocycles. The Bertz CT molecular complexity index is 3550. The average Bonchev–Trinajstić information content (AvgIpc) is 0.853. The second kappa shape index (κ2) is 30.4. The maximum absolute atomic E-state index is 14.0. The summed E-state index contributed by atoms with van der Waals surface area (Å²) >= 11 is 0. The van der Waals surface area contributed by atoms with Crippen LogP contribution in [0.3, 0.4) is 0 Å². The molecule has 5 aromatic carbocycles. The highest BCUT2D eigenvalue weighted by Gasteiger charge is 2.83. The zero-order valence-electron chi connectivity index (χ0n) is 59.0. The van der Waals surface area contributed by atoms with Crippen molar-refractivity contribution in [2.24, 2.45) is 41.4 Å². The fraction of sp³-hybridized carbons (Fsp3) is 0.514. The van der Waals surface area contributed by atoms with Crippen molar-refractivity contribution in [1.82, 2.24) is 4.57 Å². The number of carbonyl (C=O) groups is 1. The van der Waals surface area contributed by atoms with Gasteiger partial charge in [0.2, 0.25) is 0 Å². The molecule has 96 heavy (non-hydrogen) atoms. The Kier molecular flexibility index (Phi) is 23.0. The summed E-state index contributed by atoms with van der Waals surface area (Å²) in [7, 11) is -33.0. The van der Waals surface area contributed by atoms with Crippen molar-refractivity contribution in [2.45, 2.75) is 184 Å². The molecule has 6 aromatic rings. The van der Waals surface area contributed by atoms with Gasteiger partial charge in [0.05, 0.1) is 18.8 Å². The van der Waals surface area contributed by atoms with Gasteiger partial charge in [-0.15, -0.1) is 0 Å². The van der Waals surface area contributed by atoms with Crippen molar-refractivity contribution in [3.63, 3.8) is 0 Å². The van der Waals surface area contributed by atoms with E-state index in [0.717, 1.165) is 54.5 Å². The molecule has 0 spiro atoms. The number of esters is 1. The highest BCUT2D eigenvalue weighted by Crippen LogP contribution is 2.56. The van der Waals surface area contributed by atoms with Crippen LogP contribution in [0.15, 0.2) is 121 Å². The number of ether oxygens (including phenoxy) is 2. The van der Waals surface area contributed by atoms with Crippen molar-refractivity contribution >= 4 is 98.2 Å². The maximum atomic E-state index is 14.0. The lowest BCUT2D eigenvalue weighted by atomic mass is 10.1. The molecule has 16 nitrogen and oxygen atoms in total. The Morgan fingerprint density at radius 2 is 0.698 bits per heavy atom. The van der Waals surface area contributed by atoms with Crippen LogP contribution >= 0.6 is 0 Å². The number of hydrogen-bond acceptors (Lipinski definition) is 15. The topological polar surface area (TPSA) is 151 Å². The quantitative estimate of drug-likeness (QED) is 0.0208. The number of rotatable bonds is 27. The summed E-state index contributed by atoms with van der Waals surface area (Å²) in [4.78, 5) is 14.0. The third kappa shape index (κ3) is 17.8. The summed E-state index contributed by atoms with van der Waals surface area (Å²) in [6, 6.07) is 43.6. The molecule has 0 N–H and O–H groups in total. The van der Waals surface area contributed by atoms with Gasteiger partial charge in [0.1, 0.15) is 5.75 Å². The second-order valence-corrected chi connectivity index (χ2v) is 53.8. The summed E-state index contributed by atoms with van der Waals surface area (Å²) in [6.45, 7) is 31.7. The molecule has 0 saturated carbocycles. The lowest BCUT2D eigenvalue weighted by molar-refractivity contribution is -0.0346. The lowest BCUT2D eigenvalue weighted by Crippen LogP contribution is -2.88. The van der Waals surface area contributed by atoms with Crippen molar-refractivity contribution in [1.29, 1.82) is 0 Å². The fourth-order valence-electron chi connectivity index (χ4n) is 13.8. The summed E-state index contributed by atoms with van der Waals surface area (Å²) in [5.41, 5.74) is 6.72. The molecule has 4 saturated heterocycles. The van der Waals surface area contributed by atoms with E-state index in [1.54, 1.807) is 12.1 Å². The van der Waals surface area contributed by atoms with Crippen LogP contribution in [-0.4, -0.2) is 94.2 Å². The Morgan fingerprint density at radius 3 is 1.05 bits per heavy atom. The number of hydrogen-bond donors (Lipinski definition) is 0. The Balaban J connectivity index is 0.786. The minimum Gasteiger partial charge on any atom is -0.494 e. The van der Waals surface area contributed by atoms with Gasteiger partial charge < -0.3 is 63.4 Å². The molecule has 4 fully saturated rings. The number of benzene rings is 5. The van der Waals surface area contributed by atoms with Gasteiger partial charge in [-0.3, -0.25) is 0 Å². The van der Waals surface area contributed by atoms with E-state index in [1.807, 2.05) is 72.8 Å². The summed E-state index contributed by atoms with van der Waals surface area (Å²) in [6.07, 6.45) is 4.26. The van der Waals surface area contributed by atoms with E-state index >= 15 is 0 Å². The molecule has 10 rings (SSSR count). The van der Waals surface area contributed by atoms with Crippen LogP contribution in [0, 0.1) is 65.1 Å². The van der Waals surface area contributed by atoms with Gasteiger partial charge in [-0.25, -0.2) is 4.79 Å². The predicted molar refractivity (Wildman–Crippen MR) is 391 cm³/mol. The molecule has 0 aliphatic carbocycles. The van der Waals surface area contributed by atoms with Crippen LogP contribution in [0.2, 0.25) is 48.4 Å². The molecular formula is C72H101NO15Si8. The fourth-order valence-corrected chi connectivity index (χ4v) is 65.4. The lowest BCUT2D eigenvalue weighted by Gasteiger charge is -2.64. The third-order valence-electron chi connectivity index (χ3n) is 16.9. The Labute approximate surface area is 579 Å². The van der Waals surface area contributed by atoms with Crippen LogP contribution in [-0.2, 0) is 60.7 Å². The number of unbranched alkanes of at least 4 members (excludes halogenated alkanes) is 3. The molecule has 8 bridgehead atoms. The molecule has 5 heterocycles. The molecular weight excluding hydrogens is 1340 g/mol. The van der Waals surface area contributed by atoms with E-state index in [1.165, 1.54) is 21.8 Å². The molecule has 516 valence electrons. The van der Waals surface area contributed by atoms with Gasteiger partial charge in [0.25, 0.3) is 0 Å². The van der Waals surface area contributed by atoms with Crippen LogP contribution in [0.25, 0.3) is 21.8 Å². The van der Waals surface area contributed by atoms with Gasteiger partial charge in [-0.2, -0.15) is 0 Å². The minimum atomic E-state index is -4.28. The molecule has 24 heteroatoms.